The zero-order chi connectivity index (χ0) is 42.2. The third-order valence-electron chi connectivity index (χ3n) is 9.54. The van der Waals surface area contributed by atoms with Crippen LogP contribution in [0.15, 0.2) is 40.6 Å². The van der Waals surface area contributed by atoms with Gasteiger partial charge in [0.25, 0.3) is 0 Å². The number of ether oxygens (including phenoxy) is 4. The van der Waals surface area contributed by atoms with E-state index in [0.717, 1.165) is 35.4 Å². The Labute approximate surface area is 349 Å². The summed E-state index contributed by atoms with van der Waals surface area (Å²) in [6.07, 6.45) is 19.1. The Morgan fingerprint density at radius 2 is 1.52 bits per heavy atom. The number of carbonyl (C=O) groups excluding carboxylic acids is 1. The van der Waals surface area contributed by atoms with Gasteiger partial charge >= 0.3 is 11.9 Å². The second-order valence-electron chi connectivity index (χ2n) is 14.1. The summed E-state index contributed by atoms with van der Waals surface area (Å²) >= 11 is 1.14. The number of anilines is 1. The third-order valence-corrected chi connectivity index (χ3v) is 10.6. The quantitative estimate of drug-likeness (QED) is 0.0228. The molecule has 0 saturated carbocycles. The molecule has 1 atom stereocenters. The number of allylic oxidation sites excluding steroid dienone is 2. The molecule has 0 aliphatic carbocycles. The number of thiophene rings is 1. The number of esters is 1. The molecule has 58 heavy (non-hydrogen) atoms. The lowest BCUT2D eigenvalue weighted by atomic mass is 10.0. The molecule has 320 valence electrons. The van der Waals surface area contributed by atoms with Crippen LogP contribution in [0.4, 0.5) is 21.4 Å². The Bertz CT molecular complexity index is 1620. The van der Waals surface area contributed by atoms with Crippen LogP contribution in [0.5, 0.6) is 0 Å². The normalized spacial score (nSPS) is 11.9. The molecule has 1 unspecified atom stereocenters. The van der Waals surface area contributed by atoms with Crippen LogP contribution in [-0.4, -0.2) is 88.1 Å². The zero-order valence-corrected chi connectivity index (χ0v) is 35.7. The number of unbranched alkanes of at least 4 members (excludes halogenated alkanes) is 11. The summed E-state index contributed by atoms with van der Waals surface area (Å²) in [7, 11) is 0. The number of carbonyl (C=O) groups is 2. The van der Waals surface area contributed by atoms with Gasteiger partial charge in [-0.2, -0.15) is 5.26 Å². The standard InChI is InChI=1S/C44H65N5O8S/c1-5-6-7-8-9-10-11-12-13-14-15-16-17-18-19-37(44(52)53)33-41(51)57-31-30-55-26-23-49(22-25-54-28-29-56-27-24-50)38-20-21-40(35(2)32-38)47-48-43-39(34-45)36(3)42(46-4)58-43/h17-18,20-21,32,37,50H,5-16,19,22-31,33H2,1-3H3,(H,52,53)/b18-17+,48-47?. The molecule has 1 heterocycles. The van der Waals surface area contributed by atoms with Crippen LogP contribution in [0.1, 0.15) is 114 Å². The average Bonchev–Trinajstić information content (AvgIpc) is 3.53. The van der Waals surface area contributed by atoms with Crippen LogP contribution in [0, 0.1) is 37.7 Å². The molecular formula is C44H65N5O8S. The first-order valence-corrected chi connectivity index (χ1v) is 21.6. The minimum Gasteiger partial charge on any atom is -0.481 e. The monoisotopic (exact) mass is 823 g/mol. The highest BCUT2D eigenvalue weighted by Crippen LogP contribution is 2.41. The van der Waals surface area contributed by atoms with E-state index in [2.05, 4.69) is 33.0 Å². The number of aryl methyl sites for hydroxylation is 1. The number of nitrogens with zero attached hydrogens (tertiary/aromatic N) is 5. The maximum absolute atomic E-state index is 12.5. The highest BCUT2D eigenvalue weighted by atomic mass is 32.1. The van der Waals surface area contributed by atoms with E-state index in [-0.39, 0.29) is 39.3 Å². The Hall–Kier alpha value is -4.18. The van der Waals surface area contributed by atoms with Gasteiger partial charge in [-0.05, 0) is 62.4 Å². The maximum atomic E-state index is 12.5. The molecule has 0 spiro atoms. The second-order valence-corrected chi connectivity index (χ2v) is 15.1. The number of rotatable bonds is 34. The highest BCUT2D eigenvalue weighted by molar-refractivity contribution is 7.20. The van der Waals surface area contributed by atoms with E-state index < -0.39 is 17.9 Å². The second kappa shape index (κ2) is 31.8. The zero-order valence-electron chi connectivity index (χ0n) is 34.9. The van der Waals surface area contributed by atoms with Crippen molar-refractivity contribution in [1.29, 1.82) is 5.26 Å². The van der Waals surface area contributed by atoms with Gasteiger partial charge in [-0.3, -0.25) is 9.59 Å². The van der Waals surface area contributed by atoms with Gasteiger partial charge in [0.2, 0.25) is 5.00 Å². The van der Waals surface area contributed by atoms with Crippen molar-refractivity contribution >= 4 is 44.7 Å². The van der Waals surface area contributed by atoms with Crippen molar-refractivity contribution in [3.05, 3.63) is 58.5 Å². The van der Waals surface area contributed by atoms with Crippen molar-refractivity contribution in [2.24, 2.45) is 16.1 Å². The molecule has 14 heteroatoms. The summed E-state index contributed by atoms with van der Waals surface area (Å²) in [5, 5.41) is 37.6. The fourth-order valence-electron chi connectivity index (χ4n) is 6.10. The number of hydrogen-bond donors (Lipinski definition) is 2. The molecule has 13 nitrogen and oxygen atoms in total. The number of aliphatic carboxylic acids is 1. The number of hydrogen-bond acceptors (Lipinski definition) is 12. The summed E-state index contributed by atoms with van der Waals surface area (Å²) in [5.41, 5.74) is 3.35. The SMILES string of the molecule is [C-]#[N+]c1sc(N=Nc2ccc(N(CCOCCOCCO)CCOCCOC(=O)CC(C/C=C/CCCCCCCCCCCCC)C(=O)O)cc2C)c(C#N)c1C. The van der Waals surface area contributed by atoms with Gasteiger partial charge in [0.15, 0.2) is 0 Å². The van der Waals surface area contributed by atoms with Gasteiger partial charge in [-0.15, -0.1) is 21.6 Å². The van der Waals surface area contributed by atoms with Crippen LogP contribution in [0.25, 0.3) is 4.85 Å². The predicted octanol–water partition coefficient (Wildman–Crippen LogP) is 10.3. The number of aliphatic hydroxyl groups excluding tert-OH is 1. The fraction of sp³-hybridized carbons (Fsp3) is 0.636. The average molecular weight is 824 g/mol. The summed E-state index contributed by atoms with van der Waals surface area (Å²) in [4.78, 5) is 29.8. The largest absolute Gasteiger partial charge is 0.481 e. The Balaban J connectivity index is 1.78. The van der Waals surface area contributed by atoms with Gasteiger partial charge in [0.05, 0.1) is 76.4 Å². The number of azo groups is 1. The van der Waals surface area contributed by atoms with Gasteiger partial charge in [-0.25, -0.2) is 4.85 Å². The van der Waals surface area contributed by atoms with Gasteiger partial charge in [0, 0.05) is 18.8 Å². The molecule has 0 aliphatic rings. The lowest BCUT2D eigenvalue weighted by Gasteiger charge is -2.25. The third kappa shape index (κ3) is 21.0. The van der Waals surface area contributed by atoms with E-state index in [9.17, 15) is 20.0 Å². The van der Waals surface area contributed by atoms with E-state index in [1.165, 1.54) is 64.2 Å². The summed E-state index contributed by atoms with van der Waals surface area (Å²) in [6, 6.07) is 7.85. The molecule has 0 aliphatic heterocycles. The van der Waals surface area contributed by atoms with Crippen molar-refractivity contribution in [1.82, 2.24) is 0 Å². The van der Waals surface area contributed by atoms with Crippen molar-refractivity contribution < 1.29 is 38.7 Å². The molecule has 0 amide bonds. The fourth-order valence-corrected chi connectivity index (χ4v) is 6.97. The molecule has 0 saturated heterocycles. The van der Waals surface area contributed by atoms with Crippen molar-refractivity contribution in [3.63, 3.8) is 0 Å². The van der Waals surface area contributed by atoms with Crippen molar-refractivity contribution in [2.45, 2.75) is 111 Å². The minimum absolute atomic E-state index is 0.0181. The molecule has 0 radical (unpaired) electrons. The lowest BCUT2D eigenvalue weighted by molar-refractivity contribution is -0.152. The van der Waals surface area contributed by atoms with Gasteiger partial charge < -0.3 is 34.1 Å². The number of benzene rings is 1. The number of aliphatic hydroxyl groups is 1. The van der Waals surface area contributed by atoms with Crippen LogP contribution < -0.4 is 4.90 Å². The molecule has 1 aromatic carbocycles. The van der Waals surface area contributed by atoms with Crippen LogP contribution >= 0.6 is 11.3 Å². The van der Waals surface area contributed by atoms with E-state index in [0.29, 0.717) is 66.3 Å². The first-order valence-electron chi connectivity index (χ1n) is 20.8. The van der Waals surface area contributed by atoms with E-state index in [4.69, 9.17) is 30.6 Å². The molecule has 2 aromatic rings. The summed E-state index contributed by atoms with van der Waals surface area (Å²) in [6.45, 7) is 16.2. The molecular weight excluding hydrogens is 759 g/mol. The van der Waals surface area contributed by atoms with Crippen molar-refractivity contribution in [3.8, 4) is 6.07 Å². The van der Waals surface area contributed by atoms with Crippen LogP contribution in [0.2, 0.25) is 0 Å². The molecule has 1 aromatic heterocycles. The summed E-state index contributed by atoms with van der Waals surface area (Å²) < 4.78 is 22.1. The van der Waals surface area contributed by atoms with E-state index in [1.807, 2.05) is 37.3 Å². The Kier molecular flexibility index (Phi) is 27.4. The van der Waals surface area contributed by atoms with Crippen molar-refractivity contribution in [2.75, 3.05) is 70.8 Å². The molecule has 0 bridgehead atoms. The topological polar surface area (TPSA) is 168 Å². The Morgan fingerprint density at radius 1 is 0.897 bits per heavy atom. The maximum Gasteiger partial charge on any atom is 0.307 e. The first-order chi connectivity index (χ1) is 28.2. The molecule has 2 N–H and O–H groups in total. The van der Waals surface area contributed by atoms with E-state index in [1.54, 1.807) is 6.92 Å². The first kappa shape index (κ1) is 50.0. The van der Waals surface area contributed by atoms with Gasteiger partial charge in [0.1, 0.15) is 17.7 Å². The Morgan fingerprint density at radius 3 is 2.10 bits per heavy atom. The van der Waals surface area contributed by atoms with E-state index >= 15 is 0 Å². The highest BCUT2D eigenvalue weighted by Gasteiger charge is 2.21. The van der Waals surface area contributed by atoms with Gasteiger partial charge in [-0.1, -0.05) is 83.3 Å². The minimum atomic E-state index is -1.01. The smallest absolute Gasteiger partial charge is 0.307 e. The van der Waals surface area contributed by atoms with Crippen LogP contribution in [0.3, 0.4) is 0 Å². The summed E-state index contributed by atoms with van der Waals surface area (Å²) in [5.74, 6) is -2.40. The number of carboxylic acids is 1. The number of carboxylic acid groups (broad SMARTS) is 1. The number of nitriles is 1. The van der Waals surface area contributed by atoms with Crippen LogP contribution in [-0.2, 0) is 28.5 Å². The molecule has 2 rings (SSSR count). The molecule has 0 fully saturated rings. The predicted molar refractivity (Wildman–Crippen MR) is 229 cm³/mol. The lowest BCUT2D eigenvalue weighted by Crippen LogP contribution is -2.31.